The molecular weight excluding hydrogens is 368 g/mol. The molecule has 0 saturated heterocycles. The molecule has 19 heavy (non-hydrogen) atoms. The third-order valence-corrected chi connectivity index (χ3v) is 4.08. The molecule has 1 nitrogen and oxygen atoms in total. The van der Waals surface area contributed by atoms with E-state index < -0.39 is 0 Å². The first kappa shape index (κ1) is 14.5. The third kappa shape index (κ3) is 3.54. The van der Waals surface area contributed by atoms with Crippen LogP contribution in [0.3, 0.4) is 0 Å². The van der Waals surface area contributed by atoms with E-state index in [1.807, 2.05) is 42.5 Å². The quantitative estimate of drug-likeness (QED) is 0.648. The second kappa shape index (κ2) is 6.49. The number of halogens is 2. The summed E-state index contributed by atoms with van der Waals surface area (Å²) < 4.78 is 1.76. The normalized spacial score (nSPS) is 10.5. The summed E-state index contributed by atoms with van der Waals surface area (Å²) in [5.74, 6) is 0.0439. The Hall–Kier alpha value is -0.930. The molecule has 0 atom stereocenters. The molecule has 0 N–H and O–H groups in total. The summed E-state index contributed by atoms with van der Waals surface area (Å²) in [6.07, 6.45) is 2.17. The van der Waals surface area contributed by atoms with Crippen LogP contribution in [0.5, 0.6) is 0 Å². The third-order valence-electron chi connectivity index (χ3n) is 2.93. The maximum absolute atomic E-state index is 12.4. The summed E-state index contributed by atoms with van der Waals surface area (Å²) in [6.45, 7) is 2.15. The molecule has 3 heteroatoms. The van der Waals surface area contributed by atoms with Gasteiger partial charge in [0, 0.05) is 20.1 Å². The van der Waals surface area contributed by atoms with E-state index in [-0.39, 0.29) is 5.78 Å². The monoisotopic (exact) mass is 380 g/mol. The number of carbonyl (C=O) groups excluding carboxylic acids is 1. The number of benzene rings is 2. The van der Waals surface area contributed by atoms with Crippen molar-refractivity contribution in [3.8, 4) is 0 Å². The first-order valence-corrected chi connectivity index (χ1v) is 7.79. The zero-order chi connectivity index (χ0) is 13.8. The highest BCUT2D eigenvalue weighted by Gasteiger charge is 2.12. The number of aryl methyl sites for hydroxylation is 1. The fourth-order valence-corrected chi connectivity index (χ4v) is 3.17. The van der Waals surface area contributed by atoms with Crippen molar-refractivity contribution in [1.29, 1.82) is 0 Å². The molecule has 98 valence electrons. The average Bonchev–Trinajstić information content (AvgIpc) is 2.39. The first-order chi connectivity index (χ1) is 9.11. The zero-order valence-corrected chi connectivity index (χ0v) is 13.8. The van der Waals surface area contributed by atoms with Crippen LogP contribution in [0.4, 0.5) is 0 Å². The molecular formula is C16H14Br2O. The van der Waals surface area contributed by atoms with Gasteiger partial charge in [0.1, 0.15) is 0 Å². The first-order valence-electron chi connectivity index (χ1n) is 6.20. The van der Waals surface area contributed by atoms with E-state index in [1.54, 1.807) is 0 Å². The summed E-state index contributed by atoms with van der Waals surface area (Å²) in [6, 6.07) is 13.5. The van der Waals surface area contributed by atoms with Crippen LogP contribution in [0, 0.1) is 0 Å². The Morgan fingerprint density at radius 2 is 1.74 bits per heavy atom. The Balaban J connectivity index is 2.28. The molecule has 0 aliphatic carbocycles. The van der Waals surface area contributed by atoms with Crippen molar-refractivity contribution in [1.82, 2.24) is 0 Å². The van der Waals surface area contributed by atoms with Crippen LogP contribution in [0.2, 0.25) is 0 Å². The van der Waals surface area contributed by atoms with Crippen molar-refractivity contribution >= 4 is 37.6 Å². The van der Waals surface area contributed by atoms with E-state index in [0.29, 0.717) is 5.56 Å². The molecule has 0 radical (unpaired) electrons. The standard InChI is InChI=1S/C16H14Br2O/c1-2-3-11-4-6-12(7-5-11)16(19)14-9-8-13(17)10-15(14)18/h4-10H,2-3H2,1H3. The SMILES string of the molecule is CCCc1ccc(C(=O)c2ccc(Br)cc2Br)cc1. The predicted molar refractivity (Wildman–Crippen MR) is 85.7 cm³/mol. The lowest BCUT2D eigenvalue weighted by molar-refractivity contribution is 0.103. The lowest BCUT2D eigenvalue weighted by Crippen LogP contribution is -2.02. The van der Waals surface area contributed by atoms with E-state index >= 15 is 0 Å². The van der Waals surface area contributed by atoms with Crippen molar-refractivity contribution < 1.29 is 4.79 Å². The van der Waals surface area contributed by atoms with Gasteiger partial charge < -0.3 is 0 Å². The second-order valence-electron chi connectivity index (χ2n) is 4.40. The van der Waals surface area contributed by atoms with Crippen molar-refractivity contribution in [3.05, 3.63) is 68.1 Å². The largest absolute Gasteiger partial charge is 0.289 e. The van der Waals surface area contributed by atoms with Crippen LogP contribution in [-0.2, 0) is 6.42 Å². The van der Waals surface area contributed by atoms with Crippen LogP contribution >= 0.6 is 31.9 Å². The van der Waals surface area contributed by atoms with E-state index in [4.69, 9.17) is 0 Å². The van der Waals surface area contributed by atoms with Gasteiger partial charge in [0.2, 0.25) is 0 Å². The van der Waals surface area contributed by atoms with Gasteiger partial charge in [-0.2, -0.15) is 0 Å². The van der Waals surface area contributed by atoms with Crippen LogP contribution in [0.25, 0.3) is 0 Å². The Labute approximate surface area is 130 Å². The maximum Gasteiger partial charge on any atom is 0.194 e. The molecule has 2 aromatic rings. The van der Waals surface area contributed by atoms with Gasteiger partial charge in [-0.05, 0) is 46.1 Å². The number of hydrogen-bond donors (Lipinski definition) is 0. The Morgan fingerprint density at radius 3 is 2.32 bits per heavy atom. The van der Waals surface area contributed by atoms with E-state index in [1.165, 1.54) is 5.56 Å². The summed E-state index contributed by atoms with van der Waals surface area (Å²) in [4.78, 5) is 12.4. The Bertz CT molecular complexity index is 588. The van der Waals surface area contributed by atoms with Crippen molar-refractivity contribution in [2.24, 2.45) is 0 Å². The minimum atomic E-state index is 0.0439. The molecule has 0 heterocycles. The Morgan fingerprint density at radius 1 is 1.05 bits per heavy atom. The summed E-state index contributed by atoms with van der Waals surface area (Å²) in [5.41, 5.74) is 2.68. The van der Waals surface area contributed by atoms with Crippen LogP contribution in [0.1, 0.15) is 34.8 Å². The number of ketones is 1. The van der Waals surface area contributed by atoms with Crippen molar-refractivity contribution in [2.75, 3.05) is 0 Å². The molecule has 0 aromatic heterocycles. The molecule has 0 fully saturated rings. The van der Waals surface area contributed by atoms with Crippen LogP contribution in [0.15, 0.2) is 51.4 Å². The molecule has 0 spiro atoms. The minimum Gasteiger partial charge on any atom is -0.289 e. The molecule has 0 saturated carbocycles. The Kier molecular flexibility index (Phi) is 4.94. The molecule has 2 rings (SSSR count). The van der Waals surface area contributed by atoms with E-state index in [9.17, 15) is 4.79 Å². The second-order valence-corrected chi connectivity index (χ2v) is 6.17. The summed E-state index contributed by atoms with van der Waals surface area (Å²) in [5, 5.41) is 0. The summed E-state index contributed by atoms with van der Waals surface area (Å²) >= 11 is 6.82. The van der Waals surface area contributed by atoms with E-state index in [2.05, 4.69) is 38.8 Å². The van der Waals surface area contributed by atoms with Gasteiger partial charge in [0.15, 0.2) is 5.78 Å². The molecule has 2 aromatic carbocycles. The number of rotatable bonds is 4. The van der Waals surface area contributed by atoms with E-state index in [0.717, 1.165) is 27.4 Å². The van der Waals surface area contributed by atoms with Crippen LogP contribution < -0.4 is 0 Å². The molecule has 0 aliphatic rings. The fourth-order valence-electron chi connectivity index (χ4n) is 1.94. The van der Waals surface area contributed by atoms with Crippen LogP contribution in [-0.4, -0.2) is 5.78 Å². The lowest BCUT2D eigenvalue weighted by Gasteiger charge is -2.05. The minimum absolute atomic E-state index is 0.0439. The lowest BCUT2D eigenvalue weighted by atomic mass is 10.0. The smallest absolute Gasteiger partial charge is 0.194 e. The molecule has 0 amide bonds. The van der Waals surface area contributed by atoms with Gasteiger partial charge in [-0.15, -0.1) is 0 Å². The predicted octanol–water partition coefficient (Wildman–Crippen LogP) is 5.40. The maximum atomic E-state index is 12.4. The fraction of sp³-hybridized carbons (Fsp3) is 0.188. The average molecular weight is 382 g/mol. The molecule has 0 bridgehead atoms. The highest BCUT2D eigenvalue weighted by atomic mass is 79.9. The van der Waals surface area contributed by atoms with Crippen molar-refractivity contribution in [3.63, 3.8) is 0 Å². The van der Waals surface area contributed by atoms with Gasteiger partial charge in [-0.3, -0.25) is 4.79 Å². The summed E-state index contributed by atoms with van der Waals surface area (Å²) in [7, 11) is 0. The number of hydrogen-bond acceptors (Lipinski definition) is 1. The molecule has 0 unspecified atom stereocenters. The topological polar surface area (TPSA) is 17.1 Å². The van der Waals surface area contributed by atoms with Gasteiger partial charge >= 0.3 is 0 Å². The van der Waals surface area contributed by atoms with Gasteiger partial charge in [-0.1, -0.05) is 53.5 Å². The van der Waals surface area contributed by atoms with Gasteiger partial charge in [-0.25, -0.2) is 0 Å². The van der Waals surface area contributed by atoms with Gasteiger partial charge in [0.25, 0.3) is 0 Å². The van der Waals surface area contributed by atoms with Gasteiger partial charge in [0.05, 0.1) is 0 Å². The molecule has 0 aliphatic heterocycles. The highest BCUT2D eigenvalue weighted by Crippen LogP contribution is 2.24. The van der Waals surface area contributed by atoms with Crippen molar-refractivity contribution in [2.45, 2.75) is 19.8 Å². The highest BCUT2D eigenvalue weighted by molar-refractivity contribution is 9.11. The number of carbonyl (C=O) groups is 1. The zero-order valence-electron chi connectivity index (χ0n) is 10.6.